The summed E-state index contributed by atoms with van der Waals surface area (Å²) in [6.45, 7) is 2.26. The van der Waals surface area contributed by atoms with Gasteiger partial charge in [-0.25, -0.2) is 0 Å². The van der Waals surface area contributed by atoms with Gasteiger partial charge in [-0.15, -0.1) is 0 Å². The first-order valence-electron chi connectivity index (χ1n) is 5.78. The van der Waals surface area contributed by atoms with Crippen molar-refractivity contribution in [1.29, 1.82) is 0 Å². The third kappa shape index (κ3) is 2.71. The number of hydrogen-bond donors (Lipinski definition) is 0. The minimum Gasteiger partial charge on any atom is -0.321 e. The average molecular weight is 229 g/mol. The van der Waals surface area contributed by atoms with Crippen molar-refractivity contribution in [3.8, 4) is 0 Å². The standard InChI is InChI=1S/C11H17ClN2O/c1-2-3-8-4-6-9(7-5-8)10-13-11(12)15-14-10/h8-9H,2-7H2,1H3. The van der Waals surface area contributed by atoms with E-state index in [1.807, 2.05) is 0 Å². The third-order valence-electron chi connectivity index (χ3n) is 3.33. The molecule has 1 aliphatic carbocycles. The molecule has 1 aromatic rings. The van der Waals surface area contributed by atoms with Crippen molar-refractivity contribution in [2.75, 3.05) is 0 Å². The number of hydrogen-bond acceptors (Lipinski definition) is 3. The molecule has 0 unspecified atom stereocenters. The average Bonchev–Trinajstić information content (AvgIpc) is 2.67. The Bertz CT molecular complexity index is 305. The fraction of sp³-hybridized carbons (Fsp3) is 0.818. The van der Waals surface area contributed by atoms with E-state index < -0.39 is 0 Å². The Labute approximate surface area is 95.2 Å². The van der Waals surface area contributed by atoms with Gasteiger partial charge in [-0.3, -0.25) is 0 Å². The van der Waals surface area contributed by atoms with Gasteiger partial charge < -0.3 is 4.52 Å². The molecule has 4 heteroatoms. The van der Waals surface area contributed by atoms with E-state index >= 15 is 0 Å². The zero-order chi connectivity index (χ0) is 10.7. The van der Waals surface area contributed by atoms with Gasteiger partial charge in [0.1, 0.15) is 0 Å². The summed E-state index contributed by atoms with van der Waals surface area (Å²) in [5.41, 5.74) is 0. The zero-order valence-corrected chi connectivity index (χ0v) is 9.83. The molecular formula is C11H17ClN2O. The minimum atomic E-state index is 0.167. The molecule has 1 saturated carbocycles. The molecule has 0 saturated heterocycles. The maximum Gasteiger partial charge on any atom is 0.320 e. The predicted octanol–water partition coefficient (Wildman–Crippen LogP) is 3.80. The van der Waals surface area contributed by atoms with Gasteiger partial charge in [0.25, 0.3) is 0 Å². The number of nitrogens with zero attached hydrogens (tertiary/aromatic N) is 2. The number of halogens is 1. The van der Waals surface area contributed by atoms with Gasteiger partial charge in [0.05, 0.1) is 0 Å². The van der Waals surface area contributed by atoms with Gasteiger partial charge in [0, 0.05) is 5.92 Å². The Kier molecular flexibility index (Phi) is 3.62. The smallest absolute Gasteiger partial charge is 0.320 e. The Morgan fingerprint density at radius 1 is 1.33 bits per heavy atom. The van der Waals surface area contributed by atoms with Crippen LogP contribution in [0.4, 0.5) is 0 Å². The van der Waals surface area contributed by atoms with Crippen LogP contribution < -0.4 is 0 Å². The van der Waals surface area contributed by atoms with E-state index in [9.17, 15) is 0 Å². The lowest BCUT2D eigenvalue weighted by molar-refractivity contribution is 0.296. The lowest BCUT2D eigenvalue weighted by atomic mass is 9.80. The van der Waals surface area contributed by atoms with Crippen LogP contribution in [0.15, 0.2) is 4.52 Å². The maximum absolute atomic E-state index is 5.62. The summed E-state index contributed by atoms with van der Waals surface area (Å²) < 4.78 is 4.80. The van der Waals surface area contributed by atoms with Crippen LogP contribution in [0.25, 0.3) is 0 Å². The van der Waals surface area contributed by atoms with Crippen LogP contribution in [-0.4, -0.2) is 10.1 Å². The summed E-state index contributed by atoms with van der Waals surface area (Å²) in [6, 6.07) is 0. The molecule has 0 amide bonds. The topological polar surface area (TPSA) is 38.9 Å². The molecule has 3 nitrogen and oxygen atoms in total. The summed E-state index contributed by atoms with van der Waals surface area (Å²) in [6.07, 6.45) is 7.61. The Morgan fingerprint density at radius 2 is 2.07 bits per heavy atom. The second-order valence-corrected chi connectivity index (χ2v) is 4.74. The Morgan fingerprint density at radius 3 is 2.60 bits per heavy atom. The molecule has 1 fully saturated rings. The van der Waals surface area contributed by atoms with E-state index in [0.29, 0.717) is 5.92 Å². The van der Waals surface area contributed by atoms with Crippen LogP contribution in [0, 0.1) is 5.92 Å². The van der Waals surface area contributed by atoms with Crippen molar-refractivity contribution >= 4 is 11.6 Å². The second kappa shape index (κ2) is 4.97. The van der Waals surface area contributed by atoms with Crippen molar-refractivity contribution in [1.82, 2.24) is 10.1 Å². The molecule has 2 rings (SSSR count). The fourth-order valence-corrected chi connectivity index (χ4v) is 2.62. The molecule has 15 heavy (non-hydrogen) atoms. The summed E-state index contributed by atoms with van der Waals surface area (Å²) in [7, 11) is 0. The number of aromatic nitrogens is 2. The normalized spacial score (nSPS) is 26.8. The molecule has 0 spiro atoms. The highest BCUT2D eigenvalue weighted by molar-refractivity contribution is 6.27. The van der Waals surface area contributed by atoms with Gasteiger partial charge in [-0.05, 0) is 43.2 Å². The molecule has 0 bridgehead atoms. The van der Waals surface area contributed by atoms with E-state index in [-0.39, 0.29) is 5.35 Å². The van der Waals surface area contributed by atoms with Crippen LogP contribution in [0.3, 0.4) is 0 Å². The summed E-state index contributed by atoms with van der Waals surface area (Å²) >= 11 is 5.62. The lowest BCUT2D eigenvalue weighted by Gasteiger charge is -2.26. The first-order valence-corrected chi connectivity index (χ1v) is 6.16. The molecule has 84 valence electrons. The van der Waals surface area contributed by atoms with Gasteiger partial charge in [0.15, 0.2) is 5.82 Å². The van der Waals surface area contributed by atoms with E-state index in [4.69, 9.17) is 16.1 Å². The molecule has 0 atom stereocenters. The van der Waals surface area contributed by atoms with E-state index in [2.05, 4.69) is 17.1 Å². The third-order valence-corrected chi connectivity index (χ3v) is 3.48. The lowest BCUT2D eigenvalue weighted by Crippen LogP contribution is -2.14. The van der Waals surface area contributed by atoms with Crippen LogP contribution in [0.1, 0.15) is 57.2 Å². The highest BCUT2D eigenvalue weighted by Crippen LogP contribution is 2.36. The molecule has 0 radical (unpaired) electrons. The summed E-state index contributed by atoms with van der Waals surface area (Å²) in [4.78, 5) is 4.09. The van der Waals surface area contributed by atoms with E-state index in [1.165, 1.54) is 38.5 Å². The minimum absolute atomic E-state index is 0.167. The highest BCUT2D eigenvalue weighted by Gasteiger charge is 2.25. The highest BCUT2D eigenvalue weighted by atomic mass is 35.5. The Hall–Kier alpha value is -0.570. The predicted molar refractivity (Wildman–Crippen MR) is 58.9 cm³/mol. The first-order chi connectivity index (χ1) is 7.29. The second-order valence-electron chi connectivity index (χ2n) is 4.41. The van der Waals surface area contributed by atoms with Crippen LogP contribution in [-0.2, 0) is 0 Å². The summed E-state index contributed by atoms with van der Waals surface area (Å²) in [5.74, 6) is 2.18. The largest absolute Gasteiger partial charge is 0.321 e. The molecule has 1 aromatic heterocycles. The molecule has 0 aliphatic heterocycles. The van der Waals surface area contributed by atoms with E-state index in [0.717, 1.165) is 11.7 Å². The van der Waals surface area contributed by atoms with Crippen molar-refractivity contribution in [2.24, 2.45) is 5.92 Å². The maximum atomic E-state index is 5.62. The fourth-order valence-electron chi connectivity index (χ4n) is 2.50. The van der Waals surface area contributed by atoms with Gasteiger partial charge in [-0.2, -0.15) is 4.98 Å². The van der Waals surface area contributed by atoms with Crippen molar-refractivity contribution in [3.63, 3.8) is 0 Å². The molecule has 0 N–H and O–H groups in total. The van der Waals surface area contributed by atoms with E-state index in [1.54, 1.807) is 0 Å². The van der Waals surface area contributed by atoms with Gasteiger partial charge in [0.2, 0.25) is 0 Å². The molecule has 1 aliphatic rings. The van der Waals surface area contributed by atoms with Crippen LogP contribution in [0.2, 0.25) is 5.35 Å². The first kappa shape index (κ1) is 10.9. The van der Waals surface area contributed by atoms with Crippen molar-refractivity contribution < 1.29 is 4.52 Å². The zero-order valence-electron chi connectivity index (χ0n) is 9.08. The van der Waals surface area contributed by atoms with Crippen molar-refractivity contribution in [3.05, 3.63) is 11.2 Å². The monoisotopic (exact) mass is 228 g/mol. The SMILES string of the molecule is CCCC1CCC(c2noc(Cl)n2)CC1. The van der Waals surface area contributed by atoms with Crippen molar-refractivity contribution in [2.45, 2.75) is 51.4 Å². The van der Waals surface area contributed by atoms with Crippen LogP contribution in [0.5, 0.6) is 0 Å². The molecular weight excluding hydrogens is 212 g/mol. The quantitative estimate of drug-likeness (QED) is 0.790. The van der Waals surface area contributed by atoms with Gasteiger partial charge in [-0.1, -0.05) is 24.9 Å². The van der Waals surface area contributed by atoms with Gasteiger partial charge >= 0.3 is 5.35 Å². The summed E-state index contributed by atoms with van der Waals surface area (Å²) in [5, 5.41) is 4.06. The Balaban J connectivity index is 1.88. The molecule has 0 aromatic carbocycles. The number of rotatable bonds is 3. The van der Waals surface area contributed by atoms with Crippen LogP contribution >= 0.6 is 11.6 Å². The molecule has 1 heterocycles.